The zero-order chi connectivity index (χ0) is 20.8. The van der Waals surface area contributed by atoms with Crippen LogP contribution in [0.3, 0.4) is 0 Å². The summed E-state index contributed by atoms with van der Waals surface area (Å²) in [6, 6.07) is 20.6. The molecule has 0 saturated heterocycles. The molecule has 1 atom stereocenters. The van der Waals surface area contributed by atoms with Gasteiger partial charge in [0.1, 0.15) is 11.4 Å². The lowest BCUT2D eigenvalue weighted by molar-refractivity contribution is 0.303. The van der Waals surface area contributed by atoms with Crippen molar-refractivity contribution in [2.24, 2.45) is 0 Å². The molecule has 0 radical (unpaired) electrons. The third-order valence-electron chi connectivity index (χ3n) is 5.40. The van der Waals surface area contributed by atoms with Crippen LogP contribution in [0.5, 0.6) is 0 Å². The van der Waals surface area contributed by atoms with Gasteiger partial charge in [0.05, 0.1) is 0 Å². The number of rotatable bonds is 10. The van der Waals surface area contributed by atoms with E-state index in [0.717, 1.165) is 12.8 Å². The molecule has 0 aliphatic carbocycles. The lowest BCUT2D eigenvalue weighted by Crippen LogP contribution is -2.44. The fraction of sp³-hybridized carbons (Fsp3) is 0.333. The SMILES string of the molecule is CN(CCc1ccccc1)c1c(NC[C@@H](Cc2ccccc2)N(C)C)c(=O)c1=O. The number of likely N-dealkylation sites (N-methyl/N-ethyl adjacent to an activating group) is 2. The molecule has 0 heterocycles. The Kier molecular flexibility index (Phi) is 6.83. The molecular weight excluding hydrogens is 362 g/mol. The topological polar surface area (TPSA) is 52.6 Å². The van der Waals surface area contributed by atoms with Crippen molar-refractivity contribution in [2.75, 3.05) is 44.4 Å². The number of hydrogen-bond donors (Lipinski definition) is 1. The molecule has 0 saturated carbocycles. The molecule has 152 valence electrons. The van der Waals surface area contributed by atoms with Crippen LogP contribution >= 0.6 is 0 Å². The van der Waals surface area contributed by atoms with E-state index in [4.69, 9.17) is 0 Å². The highest BCUT2D eigenvalue weighted by atomic mass is 16.2. The summed E-state index contributed by atoms with van der Waals surface area (Å²) in [4.78, 5) is 28.4. The predicted octanol–water partition coefficient (Wildman–Crippen LogP) is 2.55. The van der Waals surface area contributed by atoms with Gasteiger partial charge in [-0.2, -0.15) is 0 Å². The Hall–Kier alpha value is -2.92. The van der Waals surface area contributed by atoms with E-state index < -0.39 is 10.9 Å². The van der Waals surface area contributed by atoms with Crippen LogP contribution in [0.2, 0.25) is 0 Å². The molecule has 3 rings (SSSR count). The molecule has 0 unspecified atom stereocenters. The Labute approximate surface area is 172 Å². The second-order valence-electron chi connectivity index (χ2n) is 7.73. The summed E-state index contributed by atoms with van der Waals surface area (Å²) in [7, 11) is 5.94. The number of benzene rings is 2. The van der Waals surface area contributed by atoms with Gasteiger partial charge in [-0.1, -0.05) is 60.7 Å². The summed E-state index contributed by atoms with van der Waals surface area (Å²) >= 11 is 0. The van der Waals surface area contributed by atoms with Crippen LogP contribution in [-0.4, -0.2) is 45.2 Å². The lowest BCUT2D eigenvalue weighted by Gasteiger charge is -2.28. The summed E-state index contributed by atoms with van der Waals surface area (Å²) in [6.07, 6.45) is 1.69. The Bertz CT molecular complexity index is 977. The minimum atomic E-state index is -0.413. The van der Waals surface area contributed by atoms with Crippen molar-refractivity contribution in [1.29, 1.82) is 0 Å². The lowest BCUT2D eigenvalue weighted by atomic mass is 10.0. The number of anilines is 2. The summed E-state index contributed by atoms with van der Waals surface area (Å²) in [5.74, 6) is 0. The highest BCUT2D eigenvalue weighted by molar-refractivity contribution is 5.75. The minimum absolute atomic E-state index is 0.212. The molecule has 0 aromatic heterocycles. The van der Waals surface area contributed by atoms with Gasteiger partial charge in [-0.15, -0.1) is 0 Å². The van der Waals surface area contributed by atoms with E-state index in [9.17, 15) is 9.59 Å². The Morgan fingerprint density at radius 1 is 0.828 bits per heavy atom. The first-order chi connectivity index (χ1) is 14.0. The zero-order valence-electron chi connectivity index (χ0n) is 17.4. The van der Waals surface area contributed by atoms with Crippen LogP contribution in [0, 0.1) is 0 Å². The van der Waals surface area contributed by atoms with Crippen molar-refractivity contribution < 1.29 is 0 Å². The first-order valence-electron chi connectivity index (χ1n) is 10.00. The highest BCUT2D eigenvalue weighted by Crippen LogP contribution is 2.20. The smallest absolute Gasteiger partial charge is 0.253 e. The normalized spacial score (nSPS) is 12.3. The van der Waals surface area contributed by atoms with Gasteiger partial charge in [0, 0.05) is 26.2 Å². The van der Waals surface area contributed by atoms with Gasteiger partial charge in [-0.05, 0) is 38.1 Å². The van der Waals surface area contributed by atoms with Gasteiger partial charge in [-0.3, -0.25) is 9.59 Å². The van der Waals surface area contributed by atoms with Crippen LogP contribution in [-0.2, 0) is 12.8 Å². The molecule has 0 aliphatic heterocycles. The Morgan fingerprint density at radius 2 is 1.41 bits per heavy atom. The average molecular weight is 392 g/mol. The second kappa shape index (κ2) is 9.52. The molecule has 0 spiro atoms. The molecule has 29 heavy (non-hydrogen) atoms. The van der Waals surface area contributed by atoms with Gasteiger partial charge >= 0.3 is 0 Å². The van der Waals surface area contributed by atoms with E-state index in [1.54, 1.807) is 0 Å². The Balaban J connectivity index is 1.64. The van der Waals surface area contributed by atoms with Gasteiger partial charge in [0.25, 0.3) is 10.9 Å². The van der Waals surface area contributed by atoms with E-state index >= 15 is 0 Å². The molecule has 5 heteroatoms. The molecule has 0 bridgehead atoms. The minimum Gasteiger partial charge on any atom is -0.378 e. The van der Waals surface area contributed by atoms with E-state index in [0.29, 0.717) is 24.5 Å². The monoisotopic (exact) mass is 391 g/mol. The maximum Gasteiger partial charge on any atom is 0.253 e. The number of hydrogen-bond acceptors (Lipinski definition) is 5. The predicted molar refractivity (Wildman–Crippen MR) is 121 cm³/mol. The Morgan fingerprint density at radius 3 is 2.00 bits per heavy atom. The van der Waals surface area contributed by atoms with Crippen LogP contribution in [0.1, 0.15) is 11.1 Å². The summed E-state index contributed by atoms with van der Waals surface area (Å²) in [6.45, 7) is 1.29. The van der Waals surface area contributed by atoms with Crippen molar-refractivity contribution in [3.8, 4) is 0 Å². The van der Waals surface area contributed by atoms with Gasteiger partial charge in [0.15, 0.2) is 0 Å². The first-order valence-corrected chi connectivity index (χ1v) is 10.00. The van der Waals surface area contributed by atoms with Crippen LogP contribution < -0.4 is 21.1 Å². The molecule has 0 aliphatic rings. The third kappa shape index (κ3) is 5.12. The molecule has 5 nitrogen and oxygen atoms in total. The van der Waals surface area contributed by atoms with E-state index in [1.807, 2.05) is 62.4 Å². The molecule has 1 N–H and O–H groups in total. The van der Waals surface area contributed by atoms with Crippen LogP contribution in [0.4, 0.5) is 11.4 Å². The third-order valence-corrected chi connectivity index (χ3v) is 5.40. The molecule has 3 aromatic rings. The zero-order valence-corrected chi connectivity index (χ0v) is 17.4. The summed E-state index contributed by atoms with van der Waals surface area (Å²) in [5.41, 5.74) is 2.60. The van der Waals surface area contributed by atoms with Crippen molar-refractivity contribution in [2.45, 2.75) is 18.9 Å². The average Bonchev–Trinajstić information content (AvgIpc) is 2.74. The standard InChI is InChI=1S/C24H29N3O2/c1-26(2)20(16-19-12-8-5-9-13-19)17-25-21-22(24(29)23(21)28)27(3)15-14-18-10-6-4-7-11-18/h4-13,20,25H,14-17H2,1-3H3/t20-/m1/s1. The van der Waals surface area contributed by atoms with Crippen molar-refractivity contribution >= 4 is 11.4 Å². The van der Waals surface area contributed by atoms with Gasteiger partial charge in [-0.25, -0.2) is 0 Å². The maximum atomic E-state index is 12.2. The highest BCUT2D eigenvalue weighted by Gasteiger charge is 2.25. The van der Waals surface area contributed by atoms with Crippen molar-refractivity contribution in [3.05, 3.63) is 92.2 Å². The second-order valence-corrected chi connectivity index (χ2v) is 7.73. The number of nitrogens with one attached hydrogen (secondary N) is 1. The molecule has 3 aromatic carbocycles. The fourth-order valence-electron chi connectivity index (χ4n) is 3.50. The number of nitrogens with zero attached hydrogens (tertiary/aromatic N) is 2. The quantitative estimate of drug-likeness (QED) is 0.539. The molecule has 0 amide bonds. The largest absolute Gasteiger partial charge is 0.378 e. The van der Waals surface area contributed by atoms with E-state index in [-0.39, 0.29) is 6.04 Å². The molecule has 0 fully saturated rings. The van der Waals surface area contributed by atoms with E-state index in [1.165, 1.54) is 11.1 Å². The van der Waals surface area contributed by atoms with Crippen molar-refractivity contribution in [1.82, 2.24) is 4.90 Å². The first kappa shape index (κ1) is 20.8. The molecular formula is C24H29N3O2. The van der Waals surface area contributed by atoms with Gasteiger partial charge in [0.2, 0.25) is 0 Å². The van der Waals surface area contributed by atoms with Gasteiger partial charge < -0.3 is 15.1 Å². The summed E-state index contributed by atoms with van der Waals surface area (Å²) < 4.78 is 0. The van der Waals surface area contributed by atoms with E-state index in [2.05, 4.69) is 34.5 Å². The maximum absolute atomic E-state index is 12.2. The van der Waals surface area contributed by atoms with Crippen molar-refractivity contribution in [3.63, 3.8) is 0 Å². The van der Waals surface area contributed by atoms with Crippen LogP contribution in [0.15, 0.2) is 70.3 Å². The van der Waals surface area contributed by atoms with Crippen LogP contribution in [0.25, 0.3) is 0 Å². The fourth-order valence-corrected chi connectivity index (χ4v) is 3.50. The summed E-state index contributed by atoms with van der Waals surface area (Å²) in [5, 5.41) is 3.26.